The summed E-state index contributed by atoms with van der Waals surface area (Å²) in [6.45, 7) is 6.02. The molecule has 0 fully saturated rings. The van der Waals surface area contributed by atoms with Gasteiger partial charge in [-0.25, -0.2) is 19.3 Å². The lowest BCUT2D eigenvalue weighted by atomic mass is 10.3. The molecule has 0 unspecified atom stereocenters. The van der Waals surface area contributed by atoms with Crippen LogP contribution in [0.4, 0.5) is 10.2 Å². The molecule has 0 aliphatic heterocycles. The molecule has 3 N–H and O–H groups in total. The molecule has 7 nitrogen and oxygen atoms in total. The molecular formula is C21H24FN7S. The highest BCUT2D eigenvalue weighted by atomic mass is 32.1. The van der Waals surface area contributed by atoms with Gasteiger partial charge in [-0.15, -0.1) is 11.3 Å². The van der Waals surface area contributed by atoms with Crippen molar-refractivity contribution >= 4 is 27.4 Å². The number of thiazole rings is 1. The van der Waals surface area contributed by atoms with E-state index < -0.39 is 0 Å². The van der Waals surface area contributed by atoms with E-state index in [1.165, 1.54) is 6.07 Å². The molecule has 0 bridgehead atoms. The summed E-state index contributed by atoms with van der Waals surface area (Å²) in [7, 11) is 0. The molecule has 0 aromatic carbocycles. The van der Waals surface area contributed by atoms with Crippen LogP contribution in [0.15, 0.2) is 30.6 Å². The second kappa shape index (κ2) is 9.27. The van der Waals surface area contributed by atoms with Crippen molar-refractivity contribution in [1.82, 2.24) is 30.2 Å². The molecule has 30 heavy (non-hydrogen) atoms. The minimum absolute atomic E-state index is 0.263. The largest absolute Gasteiger partial charge is 0.362 e. The number of rotatable bonds is 9. The van der Waals surface area contributed by atoms with Crippen LogP contribution in [0.1, 0.15) is 27.9 Å². The monoisotopic (exact) mass is 425 g/mol. The Morgan fingerprint density at radius 2 is 1.93 bits per heavy atom. The van der Waals surface area contributed by atoms with Crippen LogP contribution in [0.25, 0.3) is 10.2 Å². The first-order chi connectivity index (χ1) is 14.6. The number of pyridine rings is 2. The summed E-state index contributed by atoms with van der Waals surface area (Å²) >= 11 is 1.66. The van der Waals surface area contributed by atoms with E-state index in [4.69, 9.17) is 4.98 Å². The molecule has 0 spiro atoms. The minimum atomic E-state index is -0.331. The van der Waals surface area contributed by atoms with Gasteiger partial charge in [0.15, 0.2) is 5.82 Å². The van der Waals surface area contributed by atoms with Gasteiger partial charge in [-0.1, -0.05) is 0 Å². The van der Waals surface area contributed by atoms with Crippen LogP contribution >= 0.6 is 11.3 Å². The van der Waals surface area contributed by atoms with Crippen molar-refractivity contribution in [2.24, 2.45) is 0 Å². The number of anilines is 1. The second-order valence-corrected chi connectivity index (χ2v) is 8.16. The lowest BCUT2D eigenvalue weighted by Gasteiger charge is -2.06. The second-order valence-electron chi connectivity index (χ2n) is 7.04. The van der Waals surface area contributed by atoms with Gasteiger partial charge in [0.25, 0.3) is 0 Å². The van der Waals surface area contributed by atoms with Crippen molar-refractivity contribution in [2.45, 2.75) is 33.2 Å². The van der Waals surface area contributed by atoms with Gasteiger partial charge in [-0.3, -0.25) is 4.98 Å². The van der Waals surface area contributed by atoms with Gasteiger partial charge in [0.05, 0.1) is 27.6 Å². The van der Waals surface area contributed by atoms with Gasteiger partial charge < -0.3 is 15.6 Å². The molecule has 4 rings (SSSR count). The molecule has 0 amide bonds. The molecule has 0 aliphatic rings. The number of aromatic nitrogens is 5. The first kappa shape index (κ1) is 20.4. The first-order valence-electron chi connectivity index (χ1n) is 9.90. The molecule has 0 saturated heterocycles. The average Bonchev–Trinajstić information content (AvgIpc) is 3.30. The van der Waals surface area contributed by atoms with Crippen molar-refractivity contribution in [3.63, 3.8) is 0 Å². The van der Waals surface area contributed by atoms with E-state index >= 15 is 0 Å². The molecule has 4 aromatic heterocycles. The maximum atomic E-state index is 13.8. The maximum Gasteiger partial charge on any atom is 0.153 e. The van der Waals surface area contributed by atoms with Crippen LogP contribution in [0, 0.1) is 19.7 Å². The Morgan fingerprint density at radius 1 is 1.07 bits per heavy atom. The highest BCUT2D eigenvalue weighted by Crippen LogP contribution is 2.27. The summed E-state index contributed by atoms with van der Waals surface area (Å²) < 4.78 is 14.9. The van der Waals surface area contributed by atoms with E-state index in [-0.39, 0.29) is 12.4 Å². The van der Waals surface area contributed by atoms with Crippen molar-refractivity contribution in [3.05, 3.63) is 64.3 Å². The number of hydrogen-bond acceptors (Lipinski definition) is 7. The van der Waals surface area contributed by atoms with E-state index in [9.17, 15) is 4.39 Å². The third kappa shape index (κ3) is 4.80. The Hall–Kier alpha value is -2.91. The highest BCUT2D eigenvalue weighted by Gasteiger charge is 2.11. The van der Waals surface area contributed by atoms with E-state index in [0.717, 1.165) is 58.4 Å². The van der Waals surface area contributed by atoms with Gasteiger partial charge in [0.1, 0.15) is 17.2 Å². The number of halogens is 1. The normalized spacial score (nSPS) is 11.3. The van der Waals surface area contributed by atoms with E-state index in [2.05, 4.69) is 30.6 Å². The molecule has 9 heteroatoms. The summed E-state index contributed by atoms with van der Waals surface area (Å²) in [6, 6.07) is 4.94. The SMILES string of the molecule is Cc1nc(CCNCCc2nc3c(NCc4ncccc4F)nccc3s2)[nH]c1C. The molecule has 0 radical (unpaired) electrons. The molecule has 4 aromatic rings. The number of fused-ring (bicyclic) bond motifs is 1. The fraction of sp³-hybridized carbons (Fsp3) is 0.333. The summed E-state index contributed by atoms with van der Waals surface area (Å²) in [5, 5.41) is 7.66. The Morgan fingerprint density at radius 3 is 2.73 bits per heavy atom. The summed E-state index contributed by atoms with van der Waals surface area (Å²) in [6.07, 6.45) is 5.03. The molecule has 0 saturated carbocycles. The summed E-state index contributed by atoms with van der Waals surface area (Å²) in [5.41, 5.74) is 3.36. The molecular weight excluding hydrogens is 401 g/mol. The van der Waals surface area contributed by atoms with Crippen LogP contribution in [-0.2, 0) is 19.4 Å². The van der Waals surface area contributed by atoms with E-state index in [1.54, 1.807) is 29.8 Å². The fourth-order valence-corrected chi connectivity index (χ4v) is 4.08. The van der Waals surface area contributed by atoms with Gasteiger partial charge >= 0.3 is 0 Å². The predicted octanol–water partition coefficient (Wildman–Crippen LogP) is 3.55. The number of aryl methyl sites for hydroxylation is 2. The van der Waals surface area contributed by atoms with Crippen molar-refractivity contribution in [2.75, 3.05) is 18.4 Å². The maximum absolute atomic E-state index is 13.8. The van der Waals surface area contributed by atoms with Gasteiger partial charge in [0.2, 0.25) is 0 Å². The number of nitrogens with one attached hydrogen (secondary N) is 3. The average molecular weight is 426 g/mol. The Labute approximate surface area is 178 Å². The topological polar surface area (TPSA) is 91.4 Å². The zero-order chi connectivity index (χ0) is 20.9. The lowest BCUT2D eigenvalue weighted by Crippen LogP contribution is -2.20. The number of aromatic amines is 1. The number of imidazole rings is 1. The van der Waals surface area contributed by atoms with Crippen molar-refractivity contribution in [3.8, 4) is 0 Å². The molecule has 4 heterocycles. The summed E-state index contributed by atoms with van der Waals surface area (Å²) in [4.78, 5) is 21.0. The Balaban J connectivity index is 1.32. The first-order valence-corrected chi connectivity index (χ1v) is 10.7. The third-order valence-electron chi connectivity index (χ3n) is 4.84. The molecule has 0 atom stereocenters. The molecule has 156 valence electrons. The highest BCUT2D eigenvalue weighted by molar-refractivity contribution is 7.18. The smallest absolute Gasteiger partial charge is 0.153 e. The van der Waals surface area contributed by atoms with Crippen molar-refractivity contribution in [1.29, 1.82) is 0 Å². The Bertz CT molecular complexity index is 1120. The number of nitrogens with zero attached hydrogens (tertiary/aromatic N) is 4. The number of H-pyrrole nitrogens is 1. The third-order valence-corrected chi connectivity index (χ3v) is 5.92. The van der Waals surface area contributed by atoms with E-state index in [1.807, 2.05) is 19.9 Å². The lowest BCUT2D eigenvalue weighted by molar-refractivity contribution is 0.602. The quantitative estimate of drug-likeness (QED) is 0.355. The van der Waals surface area contributed by atoms with Gasteiger partial charge in [0, 0.05) is 44.0 Å². The predicted molar refractivity (Wildman–Crippen MR) is 117 cm³/mol. The molecule has 0 aliphatic carbocycles. The van der Waals surface area contributed by atoms with Crippen LogP contribution < -0.4 is 10.6 Å². The zero-order valence-electron chi connectivity index (χ0n) is 17.0. The summed E-state index contributed by atoms with van der Waals surface area (Å²) in [5.74, 6) is 1.34. The Kier molecular flexibility index (Phi) is 6.29. The zero-order valence-corrected chi connectivity index (χ0v) is 17.8. The fourth-order valence-electron chi connectivity index (χ4n) is 3.12. The van der Waals surface area contributed by atoms with Crippen LogP contribution in [0.3, 0.4) is 0 Å². The van der Waals surface area contributed by atoms with Crippen molar-refractivity contribution < 1.29 is 4.39 Å². The number of hydrogen-bond donors (Lipinski definition) is 3. The van der Waals surface area contributed by atoms with E-state index in [0.29, 0.717) is 11.5 Å². The van der Waals surface area contributed by atoms with Crippen LogP contribution in [0.2, 0.25) is 0 Å². The standard InChI is InChI=1S/C21H24FN7S/c1-13-14(2)28-18(27-13)6-9-23-10-7-19-29-20-17(30-19)5-11-25-21(20)26-12-16-15(22)4-3-8-24-16/h3-5,8,11,23H,6-7,9-10,12H2,1-2H3,(H,25,26)(H,27,28). The van der Waals surface area contributed by atoms with Crippen LogP contribution in [0.5, 0.6) is 0 Å². The van der Waals surface area contributed by atoms with Crippen LogP contribution in [-0.4, -0.2) is 38.0 Å². The minimum Gasteiger partial charge on any atom is -0.362 e. The van der Waals surface area contributed by atoms with Gasteiger partial charge in [-0.05, 0) is 32.0 Å². The van der Waals surface area contributed by atoms with Gasteiger partial charge in [-0.2, -0.15) is 0 Å².